The number of rotatable bonds is 7. The van der Waals surface area contributed by atoms with Crippen molar-refractivity contribution in [3.63, 3.8) is 0 Å². The van der Waals surface area contributed by atoms with E-state index in [1.54, 1.807) is 0 Å². The van der Waals surface area contributed by atoms with Crippen molar-refractivity contribution in [2.75, 3.05) is 6.61 Å². The van der Waals surface area contributed by atoms with Gasteiger partial charge in [0, 0.05) is 12.0 Å². The summed E-state index contributed by atoms with van der Waals surface area (Å²) >= 11 is 0. The van der Waals surface area contributed by atoms with Crippen LogP contribution >= 0.6 is 0 Å². The number of esters is 1. The first-order valence-electron chi connectivity index (χ1n) is 7.73. The van der Waals surface area contributed by atoms with Gasteiger partial charge in [0.25, 0.3) is 0 Å². The second-order valence-electron chi connectivity index (χ2n) is 5.14. The van der Waals surface area contributed by atoms with Gasteiger partial charge in [-0.15, -0.1) is 0 Å². The third-order valence-corrected chi connectivity index (χ3v) is 3.44. The molecule has 0 aromatic heterocycles. The van der Waals surface area contributed by atoms with Crippen LogP contribution in [0.4, 0.5) is 0 Å². The molecule has 0 aliphatic heterocycles. The van der Waals surface area contributed by atoms with Crippen LogP contribution in [0.5, 0.6) is 0 Å². The van der Waals surface area contributed by atoms with E-state index in [1.807, 2.05) is 61.5 Å². The molecule has 114 valence electrons. The van der Waals surface area contributed by atoms with Gasteiger partial charge in [-0.05, 0) is 30.9 Å². The van der Waals surface area contributed by atoms with Crippen molar-refractivity contribution in [1.82, 2.24) is 0 Å². The predicted molar refractivity (Wildman–Crippen MR) is 89.6 cm³/mol. The molecule has 0 atom stereocenters. The van der Waals surface area contributed by atoms with E-state index in [1.165, 1.54) is 5.56 Å². The van der Waals surface area contributed by atoms with E-state index in [-0.39, 0.29) is 5.97 Å². The third kappa shape index (κ3) is 5.21. The standard InChI is InChI=1S/C20H22O2/c1-2-22-20(21)19(16-18-12-7-4-8-13-18)15-9-14-17-10-5-3-6-11-17/h3-8,10-13,15H,2,9,14,16H2,1H3/b19-15+. The van der Waals surface area contributed by atoms with E-state index in [4.69, 9.17) is 4.74 Å². The lowest BCUT2D eigenvalue weighted by Crippen LogP contribution is -2.10. The Kier molecular flexibility index (Phi) is 6.43. The molecule has 0 radical (unpaired) electrons. The van der Waals surface area contributed by atoms with E-state index < -0.39 is 0 Å². The van der Waals surface area contributed by atoms with Crippen LogP contribution in [0.1, 0.15) is 24.5 Å². The normalized spacial score (nSPS) is 11.2. The minimum atomic E-state index is -0.209. The van der Waals surface area contributed by atoms with Crippen molar-refractivity contribution in [2.45, 2.75) is 26.2 Å². The van der Waals surface area contributed by atoms with E-state index in [2.05, 4.69) is 12.1 Å². The van der Waals surface area contributed by atoms with E-state index in [0.717, 1.165) is 24.0 Å². The molecule has 0 amide bonds. The molecule has 0 saturated heterocycles. The largest absolute Gasteiger partial charge is 0.463 e. The zero-order valence-corrected chi connectivity index (χ0v) is 13.0. The minimum absolute atomic E-state index is 0.209. The van der Waals surface area contributed by atoms with E-state index in [0.29, 0.717) is 13.0 Å². The van der Waals surface area contributed by atoms with Crippen LogP contribution in [0, 0.1) is 0 Å². The van der Waals surface area contributed by atoms with Gasteiger partial charge >= 0.3 is 5.97 Å². The molecule has 2 nitrogen and oxygen atoms in total. The summed E-state index contributed by atoms with van der Waals surface area (Å²) in [7, 11) is 0. The van der Waals surface area contributed by atoms with Gasteiger partial charge < -0.3 is 4.74 Å². The molecule has 0 N–H and O–H groups in total. The zero-order chi connectivity index (χ0) is 15.6. The highest BCUT2D eigenvalue weighted by Crippen LogP contribution is 2.12. The molecule has 0 spiro atoms. The summed E-state index contributed by atoms with van der Waals surface area (Å²) in [6.07, 6.45) is 4.40. The van der Waals surface area contributed by atoms with Crippen molar-refractivity contribution in [3.05, 3.63) is 83.4 Å². The van der Waals surface area contributed by atoms with Gasteiger partial charge in [-0.1, -0.05) is 66.7 Å². The first kappa shape index (κ1) is 16.0. The average molecular weight is 294 g/mol. The van der Waals surface area contributed by atoms with Crippen LogP contribution in [0.15, 0.2) is 72.3 Å². The summed E-state index contributed by atoms with van der Waals surface area (Å²) in [6.45, 7) is 2.24. The van der Waals surface area contributed by atoms with Crippen molar-refractivity contribution in [1.29, 1.82) is 0 Å². The van der Waals surface area contributed by atoms with E-state index in [9.17, 15) is 4.79 Å². The summed E-state index contributed by atoms with van der Waals surface area (Å²) in [5.41, 5.74) is 3.15. The average Bonchev–Trinajstić information content (AvgIpc) is 2.56. The molecule has 2 aromatic carbocycles. The van der Waals surface area contributed by atoms with Gasteiger partial charge in [-0.25, -0.2) is 4.79 Å². The van der Waals surface area contributed by atoms with Crippen molar-refractivity contribution in [2.24, 2.45) is 0 Å². The molecule has 0 fully saturated rings. The number of allylic oxidation sites excluding steroid dienone is 1. The van der Waals surface area contributed by atoms with Crippen molar-refractivity contribution < 1.29 is 9.53 Å². The fourth-order valence-corrected chi connectivity index (χ4v) is 2.32. The van der Waals surface area contributed by atoms with Crippen molar-refractivity contribution in [3.8, 4) is 0 Å². The lowest BCUT2D eigenvalue weighted by molar-refractivity contribution is -0.138. The zero-order valence-electron chi connectivity index (χ0n) is 13.0. The van der Waals surface area contributed by atoms with Gasteiger partial charge in [-0.3, -0.25) is 0 Å². The quantitative estimate of drug-likeness (QED) is 0.560. The highest BCUT2D eigenvalue weighted by Gasteiger charge is 2.10. The Morgan fingerprint density at radius 3 is 2.14 bits per heavy atom. The fraction of sp³-hybridized carbons (Fsp3) is 0.250. The maximum atomic E-state index is 12.1. The van der Waals surface area contributed by atoms with Gasteiger partial charge in [0.2, 0.25) is 0 Å². The maximum absolute atomic E-state index is 12.1. The summed E-state index contributed by atoms with van der Waals surface area (Å²) in [4.78, 5) is 12.1. The highest BCUT2D eigenvalue weighted by molar-refractivity contribution is 5.88. The molecule has 0 bridgehead atoms. The fourth-order valence-electron chi connectivity index (χ4n) is 2.32. The smallest absolute Gasteiger partial charge is 0.334 e. The number of carbonyl (C=O) groups is 1. The Hall–Kier alpha value is -2.35. The first-order valence-corrected chi connectivity index (χ1v) is 7.73. The second kappa shape index (κ2) is 8.83. The number of hydrogen-bond acceptors (Lipinski definition) is 2. The Morgan fingerprint density at radius 2 is 1.55 bits per heavy atom. The van der Waals surface area contributed by atoms with Gasteiger partial charge in [0.15, 0.2) is 0 Å². The Labute approximate surface area is 132 Å². The molecule has 2 rings (SSSR count). The molecular weight excluding hydrogens is 272 g/mol. The van der Waals surface area contributed by atoms with Crippen LogP contribution in [0.2, 0.25) is 0 Å². The van der Waals surface area contributed by atoms with Crippen molar-refractivity contribution >= 4 is 5.97 Å². The van der Waals surface area contributed by atoms with Gasteiger partial charge in [-0.2, -0.15) is 0 Å². The Morgan fingerprint density at radius 1 is 0.955 bits per heavy atom. The molecule has 0 heterocycles. The summed E-state index contributed by atoms with van der Waals surface area (Å²) in [5.74, 6) is -0.209. The molecule has 22 heavy (non-hydrogen) atoms. The number of carbonyl (C=O) groups excluding carboxylic acids is 1. The van der Waals surface area contributed by atoms with Crippen LogP contribution in [0.25, 0.3) is 0 Å². The highest BCUT2D eigenvalue weighted by atomic mass is 16.5. The summed E-state index contributed by atoms with van der Waals surface area (Å²) in [6, 6.07) is 20.3. The Bertz CT molecular complexity index is 600. The molecule has 0 aliphatic carbocycles. The molecular formula is C20H22O2. The lowest BCUT2D eigenvalue weighted by Gasteiger charge is -2.08. The third-order valence-electron chi connectivity index (χ3n) is 3.44. The summed E-state index contributed by atoms with van der Waals surface area (Å²) in [5, 5.41) is 0. The first-order chi connectivity index (χ1) is 10.8. The monoisotopic (exact) mass is 294 g/mol. The summed E-state index contributed by atoms with van der Waals surface area (Å²) < 4.78 is 5.17. The maximum Gasteiger partial charge on any atom is 0.334 e. The second-order valence-corrected chi connectivity index (χ2v) is 5.14. The van der Waals surface area contributed by atoms with Crippen LogP contribution < -0.4 is 0 Å². The SMILES string of the molecule is CCOC(=O)/C(=C/CCc1ccccc1)Cc1ccccc1. The van der Waals surface area contributed by atoms with E-state index >= 15 is 0 Å². The predicted octanol–water partition coefficient (Wildman–Crippen LogP) is 4.35. The lowest BCUT2D eigenvalue weighted by atomic mass is 10.0. The molecule has 0 unspecified atom stereocenters. The van der Waals surface area contributed by atoms with Gasteiger partial charge in [0.05, 0.1) is 6.61 Å². The molecule has 2 aromatic rings. The molecule has 2 heteroatoms. The van der Waals surface area contributed by atoms with Gasteiger partial charge in [0.1, 0.15) is 0 Å². The number of aryl methyl sites for hydroxylation is 1. The number of ether oxygens (including phenoxy) is 1. The number of benzene rings is 2. The topological polar surface area (TPSA) is 26.3 Å². The number of hydrogen-bond donors (Lipinski definition) is 0. The molecule has 0 saturated carbocycles. The van der Waals surface area contributed by atoms with Crippen LogP contribution in [-0.4, -0.2) is 12.6 Å². The minimum Gasteiger partial charge on any atom is -0.463 e. The Balaban J connectivity index is 2.03. The van der Waals surface area contributed by atoms with Crippen LogP contribution in [0.3, 0.4) is 0 Å². The molecule has 0 aliphatic rings. The van der Waals surface area contributed by atoms with Crippen LogP contribution in [-0.2, 0) is 22.4 Å².